The summed E-state index contributed by atoms with van der Waals surface area (Å²) in [6.07, 6.45) is 3.84. The van der Waals surface area contributed by atoms with Crippen LogP contribution in [0.4, 0.5) is 5.82 Å². The first kappa shape index (κ1) is 17.2. The molecule has 0 aliphatic carbocycles. The fourth-order valence-corrected chi connectivity index (χ4v) is 2.96. The third-order valence-corrected chi connectivity index (χ3v) is 4.22. The van der Waals surface area contributed by atoms with Gasteiger partial charge in [-0.2, -0.15) is 0 Å². The Bertz CT molecular complexity index is 901. The van der Waals surface area contributed by atoms with Crippen LogP contribution >= 0.6 is 0 Å². The average molecular weight is 340 g/mol. The maximum atomic E-state index is 12.6. The number of aryl methyl sites for hydroxylation is 1. The Balaban J connectivity index is 2.08. The van der Waals surface area contributed by atoms with Crippen LogP contribution in [0.5, 0.6) is 0 Å². The molecule has 0 amide bonds. The van der Waals surface area contributed by atoms with E-state index in [1.807, 2.05) is 28.8 Å². The largest absolute Gasteiger partial charge is 0.462 e. The Kier molecular flexibility index (Phi) is 5.16. The van der Waals surface area contributed by atoms with Crippen LogP contribution in [-0.4, -0.2) is 27.1 Å². The van der Waals surface area contributed by atoms with Crippen molar-refractivity contribution in [1.82, 2.24) is 14.5 Å². The van der Waals surface area contributed by atoms with Crippen LogP contribution in [0.3, 0.4) is 0 Å². The fourth-order valence-electron chi connectivity index (χ4n) is 2.96. The average Bonchev–Trinajstić information content (AvgIpc) is 2.88. The lowest BCUT2D eigenvalue weighted by Gasteiger charge is -2.06. The monoisotopic (exact) mass is 340 g/mol. The standard InChI is InChI=1S/C19H24N4O2/c1-3-5-8-12-25-19(24)15-16-18(23(11-4-2)17(15)20)22-14-10-7-6-9-13(14)21-16/h6-7,9-10H,3-5,8,11-12,20H2,1-2H3. The normalized spacial score (nSPS) is 11.3. The van der Waals surface area contributed by atoms with Gasteiger partial charge in [-0.15, -0.1) is 0 Å². The summed E-state index contributed by atoms with van der Waals surface area (Å²) in [5, 5.41) is 0. The number of carbonyl (C=O) groups is 1. The molecule has 0 unspecified atom stereocenters. The van der Waals surface area contributed by atoms with Crippen LogP contribution in [0.25, 0.3) is 22.2 Å². The van der Waals surface area contributed by atoms with Crippen molar-refractivity contribution in [1.29, 1.82) is 0 Å². The van der Waals surface area contributed by atoms with Crippen molar-refractivity contribution in [3.05, 3.63) is 29.8 Å². The van der Waals surface area contributed by atoms with E-state index >= 15 is 0 Å². The number of unbranched alkanes of at least 4 members (excludes halogenated alkanes) is 2. The van der Waals surface area contributed by atoms with Gasteiger partial charge in [0.1, 0.15) is 16.9 Å². The number of carbonyl (C=O) groups excluding carboxylic acids is 1. The molecule has 25 heavy (non-hydrogen) atoms. The zero-order valence-electron chi connectivity index (χ0n) is 14.8. The number of nitrogens with two attached hydrogens (primary N) is 1. The molecule has 1 aromatic carbocycles. The first-order chi connectivity index (χ1) is 12.2. The van der Waals surface area contributed by atoms with Gasteiger partial charge in [-0.1, -0.05) is 38.8 Å². The Labute approximate surface area is 147 Å². The highest BCUT2D eigenvalue weighted by molar-refractivity contribution is 6.08. The summed E-state index contributed by atoms with van der Waals surface area (Å²) in [4.78, 5) is 21.9. The number of ether oxygens (including phenoxy) is 1. The number of aromatic nitrogens is 3. The Hall–Kier alpha value is -2.63. The predicted octanol–water partition coefficient (Wildman–Crippen LogP) is 3.92. The van der Waals surface area contributed by atoms with E-state index in [2.05, 4.69) is 23.8 Å². The molecule has 3 aromatic rings. The summed E-state index contributed by atoms with van der Waals surface area (Å²) in [5.74, 6) is -0.0364. The lowest BCUT2D eigenvalue weighted by atomic mass is 10.2. The van der Waals surface area contributed by atoms with Crippen molar-refractivity contribution in [2.24, 2.45) is 0 Å². The van der Waals surface area contributed by atoms with E-state index in [1.54, 1.807) is 0 Å². The zero-order chi connectivity index (χ0) is 17.8. The first-order valence-corrected chi connectivity index (χ1v) is 8.89. The maximum absolute atomic E-state index is 12.6. The van der Waals surface area contributed by atoms with Gasteiger partial charge < -0.3 is 15.0 Å². The van der Waals surface area contributed by atoms with Crippen LogP contribution in [0, 0.1) is 0 Å². The number of nitrogens with zero attached hydrogens (tertiary/aromatic N) is 3. The zero-order valence-corrected chi connectivity index (χ0v) is 14.8. The van der Waals surface area contributed by atoms with Gasteiger partial charge in [0.25, 0.3) is 0 Å². The second-order valence-electron chi connectivity index (χ2n) is 6.14. The summed E-state index contributed by atoms with van der Waals surface area (Å²) in [6.45, 7) is 5.24. The lowest BCUT2D eigenvalue weighted by Crippen LogP contribution is -2.10. The van der Waals surface area contributed by atoms with Crippen LogP contribution < -0.4 is 5.73 Å². The maximum Gasteiger partial charge on any atom is 0.344 e. The Morgan fingerprint density at radius 1 is 1.12 bits per heavy atom. The molecule has 0 fully saturated rings. The second-order valence-corrected chi connectivity index (χ2v) is 6.14. The topological polar surface area (TPSA) is 83.0 Å². The molecule has 0 spiro atoms. The number of hydrogen-bond donors (Lipinski definition) is 1. The van der Waals surface area contributed by atoms with Gasteiger partial charge in [-0.3, -0.25) is 0 Å². The van der Waals surface area contributed by atoms with E-state index in [9.17, 15) is 4.79 Å². The van der Waals surface area contributed by atoms with Gasteiger partial charge in [0, 0.05) is 6.54 Å². The number of esters is 1. The molecule has 0 bridgehead atoms. The molecule has 0 aliphatic heterocycles. The summed E-state index contributed by atoms with van der Waals surface area (Å²) in [7, 11) is 0. The van der Waals surface area contributed by atoms with Gasteiger partial charge in [-0.25, -0.2) is 14.8 Å². The van der Waals surface area contributed by atoms with Gasteiger partial charge in [-0.05, 0) is 25.0 Å². The molecule has 6 nitrogen and oxygen atoms in total. The molecule has 0 saturated carbocycles. The smallest absolute Gasteiger partial charge is 0.344 e. The van der Waals surface area contributed by atoms with Crippen molar-refractivity contribution in [2.45, 2.75) is 46.1 Å². The number of hydrogen-bond acceptors (Lipinski definition) is 5. The molecule has 0 atom stereocenters. The van der Waals surface area contributed by atoms with Gasteiger partial charge >= 0.3 is 5.97 Å². The van der Waals surface area contributed by atoms with E-state index in [4.69, 9.17) is 10.5 Å². The molecule has 2 N–H and O–H groups in total. The van der Waals surface area contributed by atoms with E-state index in [0.717, 1.165) is 36.7 Å². The number of rotatable bonds is 7. The SMILES string of the molecule is CCCCCOC(=O)c1c(N)n(CCC)c2nc3ccccc3nc12. The highest BCUT2D eigenvalue weighted by Crippen LogP contribution is 2.28. The van der Waals surface area contributed by atoms with Gasteiger partial charge in [0.05, 0.1) is 17.6 Å². The molecule has 2 heterocycles. The Morgan fingerprint density at radius 3 is 2.52 bits per heavy atom. The van der Waals surface area contributed by atoms with Gasteiger partial charge in [0.15, 0.2) is 5.65 Å². The molecule has 0 aliphatic rings. The Morgan fingerprint density at radius 2 is 1.84 bits per heavy atom. The molecule has 6 heteroatoms. The van der Waals surface area contributed by atoms with E-state index in [1.165, 1.54) is 0 Å². The van der Waals surface area contributed by atoms with Crippen molar-refractivity contribution in [3.63, 3.8) is 0 Å². The quantitative estimate of drug-likeness (QED) is 0.520. The minimum atomic E-state index is -0.418. The molecule has 0 saturated heterocycles. The molecule has 132 valence electrons. The summed E-state index contributed by atoms with van der Waals surface area (Å²) < 4.78 is 7.28. The highest BCUT2D eigenvalue weighted by atomic mass is 16.5. The van der Waals surface area contributed by atoms with E-state index in [0.29, 0.717) is 35.7 Å². The van der Waals surface area contributed by atoms with Crippen LogP contribution in [-0.2, 0) is 11.3 Å². The molecular weight excluding hydrogens is 316 g/mol. The van der Waals surface area contributed by atoms with Crippen molar-refractivity contribution in [3.8, 4) is 0 Å². The summed E-state index contributed by atoms with van der Waals surface area (Å²) in [6, 6.07) is 7.61. The molecule has 2 aromatic heterocycles. The van der Waals surface area contributed by atoms with Crippen molar-refractivity contribution in [2.75, 3.05) is 12.3 Å². The third-order valence-electron chi connectivity index (χ3n) is 4.22. The number of nitrogen functional groups attached to an aromatic ring is 1. The molecular formula is C19H24N4O2. The number of fused-ring (bicyclic) bond motifs is 2. The molecule has 0 radical (unpaired) electrons. The predicted molar refractivity (Wildman–Crippen MR) is 99.5 cm³/mol. The van der Waals surface area contributed by atoms with Crippen molar-refractivity contribution < 1.29 is 9.53 Å². The fraction of sp³-hybridized carbons (Fsp3) is 0.421. The summed E-state index contributed by atoms with van der Waals surface area (Å²) >= 11 is 0. The second kappa shape index (κ2) is 7.51. The third kappa shape index (κ3) is 3.29. The minimum Gasteiger partial charge on any atom is -0.462 e. The lowest BCUT2D eigenvalue weighted by molar-refractivity contribution is 0.0501. The molecule has 3 rings (SSSR count). The first-order valence-electron chi connectivity index (χ1n) is 8.89. The van der Waals surface area contributed by atoms with Gasteiger partial charge in [0.2, 0.25) is 0 Å². The van der Waals surface area contributed by atoms with Crippen molar-refractivity contribution >= 4 is 34.0 Å². The highest BCUT2D eigenvalue weighted by Gasteiger charge is 2.24. The number of benzene rings is 1. The van der Waals surface area contributed by atoms with Crippen LogP contribution in [0.1, 0.15) is 49.9 Å². The number of anilines is 1. The van der Waals surface area contributed by atoms with Crippen LogP contribution in [0.15, 0.2) is 24.3 Å². The minimum absolute atomic E-state index is 0.332. The van der Waals surface area contributed by atoms with Crippen LogP contribution in [0.2, 0.25) is 0 Å². The van der Waals surface area contributed by atoms with E-state index in [-0.39, 0.29) is 0 Å². The van der Waals surface area contributed by atoms with E-state index < -0.39 is 5.97 Å². The summed E-state index contributed by atoms with van der Waals surface area (Å²) in [5.41, 5.74) is 9.29. The number of para-hydroxylation sites is 2.